The predicted octanol–water partition coefficient (Wildman–Crippen LogP) is 0.970. The Morgan fingerprint density at radius 1 is 1.47 bits per heavy atom. The Kier molecular flexibility index (Phi) is 3.48. The quantitative estimate of drug-likeness (QED) is 0.897. The second-order valence-corrected chi connectivity index (χ2v) is 5.31. The van der Waals surface area contributed by atoms with Gasteiger partial charge in [-0.25, -0.2) is 13.1 Å². The molecule has 98 valence electrons. The molecule has 8 heteroatoms. The van der Waals surface area contributed by atoms with Gasteiger partial charge in [0.05, 0.1) is 6.20 Å². The highest BCUT2D eigenvalue weighted by Gasteiger charge is 2.19. The third-order valence-corrected chi connectivity index (χ3v) is 3.76. The number of nitriles is 1. The number of nitrogens with zero attached hydrogens (tertiary/aromatic N) is 4. The predicted molar refractivity (Wildman–Crippen MR) is 67.7 cm³/mol. The first kappa shape index (κ1) is 13.0. The zero-order valence-electron chi connectivity index (χ0n) is 10.1. The van der Waals surface area contributed by atoms with Crippen molar-refractivity contribution in [3.8, 4) is 6.07 Å². The molecule has 0 saturated heterocycles. The number of pyridine rings is 1. The van der Waals surface area contributed by atoms with Crippen molar-refractivity contribution >= 4 is 15.8 Å². The van der Waals surface area contributed by atoms with E-state index in [9.17, 15) is 8.42 Å². The second kappa shape index (κ2) is 5.07. The average Bonchev–Trinajstić information content (AvgIpc) is 2.81. The molecule has 0 atom stereocenters. The maximum atomic E-state index is 12.1. The van der Waals surface area contributed by atoms with E-state index in [-0.39, 0.29) is 16.3 Å². The fourth-order valence-corrected chi connectivity index (χ4v) is 2.55. The van der Waals surface area contributed by atoms with E-state index in [0.29, 0.717) is 6.54 Å². The molecule has 2 heterocycles. The van der Waals surface area contributed by atoms with E-state index in [2.05, 4.69) is 14.8 Å². The topological polar surface area (TPSA) is 101 Å². The Balaban J connectivity index is 2.42. The summed E-state index contributed by atoms with van der Waals surface area (Å²) < 4.78 is 28.0. The number of rotatable bonds is 4. The van der Waals surface area contributed by atoms with Gasteiger partial charge in [-0.3, -0.25) is 9.71 Å². The molecule has 0 aliphatic rings. The van der Waals surface area contributed by atoms with Gasteiger partial charge in [-0.1, -0.05) is 0 Å². The second-order valence-electron chi connectivity index (χ2n) is 3.63. The molecule has 0 spiro atoms. The zero-order valence-corrected chi connectivity index (χ0v) is 10.9. The molecule has 0 bridgehead atoms. The van der Waals surface area contributed by atoms with Crippen LogP contribution in [0, 0.1) is 11.3 Å². The van der Waals surface area contributed by atoms with Crippen LogP contribution in [0.25, 0.3) is 0 Å². The monoisotopic (exact) mass is 277 g/mol. The van der Waals surface area contributed by atoms with Gasteiger partial charge in [0, 0.05) is 18.9 Å². The van der Waals surface area contributed by atoms with Crippen molar-refractivity contribution in [1.29, 1.82) is 5.26 Å². The van der Waals surface area contributed by atoms with Gasteiger partial charge in [0.25, 0.3) is 10.0 Å². The molecule has 0 aromatic carbocycles. The van der Waals surface area contributed by atoms with Gasteiger partial charge in [-0.05, 0) is 19.1 Å². The molecular weight excluding hydrogens is 266 g/mol. The van der Waals surface area contributed by atoms with E-state index < -0.39 is 10.0 Å². The minimum absolute atomic E-state index is 0.0303. The van der Waals surface area contributed by atoms with E-state index in [1.54, 1.807) is 6.92 Å². The number of aryl methyl sites for hydroxylation is 1. The average molecular weight is 277 g/mol. The fraction of sp³-hybridized carbons (Fsp3) is 0.182. The highest BCUT2D eigenvalue weighted by Crippen LogP contribution is 2.19. The number of anilines is 1. The lowest BCUT2D eigenvalue weighted by Crippen LogP contribution is -2.17. The normalized spacial score (nSPS) is 10.9. The minimum atomic E-state index is -3.77. The Hall–Kier alpha value is -2.40. The smallest absolute Gasteiger partial charge is 0.263 e. The number of hydrogen-bond donors (Lipinski definition) is 1. The number of sulfonamides is 1. The molecular formula is C11H11N5O2S. The molecule has 0 saturated carbocycles. The number of nitrogens with one attached hydrogen (secondary N) is 1. The van der Waals surface area contributed by atoms with E-state index >= 15 is 0 Å². The van der Waals surface area contributed by atoms with Gasteiger partial charge in [-0.2, -0.15) is 10.4 Å². The van der Waals surface area contributed by atoms with E-state index in [1.807, 2.05) is 6.07 Å². The third kappa shape index (κ3) is 2.56. The molecule has 0 aliphatic heterocycles. The summed E-state index contributed by atoms with van der Waals surface area (Å²) in [5.74, 6) is 0.161. The van der Waals surface area contributed by atoms with Crippen LogP contribution in [0.4, 0.5) is 5.82 Å². The van der Waals surface area contributed by atoms with Crippen molar-refractivity contribution in [3.05, 3.63) is 36.3 Å². The summed E-state index contributed by atoms with van der Waals surface area (Å²) in [4.78, 5) is 3.79. The molecule has 0 amide bonds. The van der Waals surface area contributed by atoms with Gasteiger partial charge in [0.15, 0.2) is 5.82 Å². The van der Waals surface area contributed by atoms with Crippen molar-refractivity contribution in [1.82, 2.24) is 14.8 Å². The first-order chi connectivity index (χ1) is 9.08. The molecule has 0 fully saturated rings. The van der Waals surface area contributed by atoms with E-state index in [1.165, 1.54) is 35.4 Å². The number of hydrogen-bond acceptors (Lipinski definition) is 5. The van der Waals surface area contributed by atoms with Crippen LogP contribution in [0.15, 0.2) is 35.6 Å². The first-order valence-corrected chi connectivity index (χ1v) is 6.95. The van der Waals surface area contributed by atoms with Crippen LogP contribution in [-0.2, 0) is 16.6 Å². The summed E-state index contributed by atoms with van der Waals surface area (Å²) >= 11 is 0. The molecule has 0 aliphatic carbocycles. The summed E-state index contributed by atoms with van der Waals surface area (Å²) in [6, 6.07) is 4.85. The first-order valence-electron chi connectivity index (χ1n) is 5.47. The van der Waals surface area contributed by atoms with Crippen molar-refractivity contribution in [2.45, 2.75) is 18.4 Å². The molecule has 19 heavy (non-hydrogen) atoms. The van der Waals surface area contributed by atoms with Crippen LogP contribution in [0.2, 0.25) is 0 Å². The molecule has 0 radical (unpaired) electrons. The van der Waals surface area contributed by atoms with Gasteiger partial charge in [0.2, 0.25) is 0 Å². The summed E-state index contributed by atoms with van der Waals surface area (Å²) in [5.41, 5.74) is 0.175. The third-order valence-electron chi connectivity index (χ3n) is 2.44. The van der Waals surface area contributed by atoms with Gasteiger partial charge >= 0.3 is 0 Å². The molecule has 2 rings (SSSR count). The lowest BCUT2D eigenvalue weighted by Gasteiger charge is -2.09. The lowest BCUT2D eigenvalue weighted by molar-refractivity contribution is 0.598. The van der Waals surface area contributed by atoms with Crippen LogP contribution in [0.3, 0.4) is 0 Å². The summed E-state index contributed by atoms with van der Waals surface area (Å²) in [7, 11) is -3.77. The maximum Gasteiger partial charge on any atom is 0.264 e. The Morgan fingerprint density at radius 3 is 2.84 bits per heavy atom. The van der Waals surface area contributed by atoms with Crippen LogP contribution < -0.4 is 4.72 Å². The number of aromatic nitrogens is 3. The Labute approximate surface area is 110 Å². The van der Waals surface area contributed by atoms with Crippen LogP contribution in [-0.4, -0.2) is 23.2 Å². The van der Waals surface area contributed by atoms with Gasteiger partial charge in [-0.15, -0.1) is 0 Å². The molecule has 0 unspecified atom stereocenters. The standard InChI is InChI=1S/C11H11N5O2S/c1-2-16-11(9(6-12)7-14-16)15-19(17,18)10-4-3-5-13-8-10/h3-5,7-8,15H,2H2,1H3. The minimum Gasteiger partial charge on any atom is -0.263 e. The van der Waals surface area contributed by atoms with Gasteiger partial charge in [0.1, 0.15) is 16.5 Å². The van der Waals surface area contributed by atoms with Crippen LogP contribution in [0.1, 0.15) is 12.5 Å². The fourth-order valence-electron chi connectivity index (χ4n) is 1.51. The largest absolute Gasteiger partial charge is 0.264 e. The van der Waals surface area contributed by atoms with Crippen LogP contribution >= 0.6 is 0 Å². The molecule has 1 N–H and O–H groups in total. The SMILES string of the molecule is CCn1ncc(C#N)c1NS(=O)(=O)c1cccnc1. The van der Waals surface area contributed by atoms with Crippen molar-refractivity contribution in [3.63, 3.8) is 0 Å². The highest BCUT2D eigenvalue weighted by atomic mass is 32.2. The molecule has 7 nitrogen and oxygen atoms in total. The van der Waals surface area contributed by atoms with E-state index in [0.717, 1.165) is 0 Å². The Morgan fingerprint density at radius 2 is 2.26 bits per heavy atom. The molecule has 2 aromatic heterocycles. The maximum absolute atomic E-state index is 12.1. The van der Waals surface area contributed by atoms with Crippen molar-refractivity contribution < 1.29 is 8.42 Å². The summed E-state index contributed by atoms with van der Waals surface area (Å²) in [6.07, 6.45) is 4.04. The van der Waals surface area contributed by atoms with Gasteiger partial charge < -0.3 is 0 Å². The summed E-state index contributed by atoms with van der Waals surface area (Å²) in [5, 5.41) is 12.9. The van der Waals surface area contributed by atoms with Crippen molar-refractivity contribution in [2.75, 3.05) is 4.72 Å². The Bertz CT molecular complexity index is 715. The highest BCUT2D eigenvalue weighted by molar-refractivity contribution is 7.92. The lowest BCUT2D eigenvalue weighted by atomic mass is 10.4. The summed E-state index contributed by atoms with van der Waals surface area (Å²) in [6.45, 7) is 2.25. The van der Waals surface area contributed by atoms with Crippen LogP contribution in [0.5, 0.6) is 0 Å². The van der Waals surface area contributed by atoms with Crippen molar-refractivity contribution in [2.24, 2.45) is 0 Å². The van der Waals surface area contributed by atoms with E-state index in [4.69, 9.17) is 5.26 Å². The molecule has 2 aromatic rings. The zero-order chi connectivity index (χ0) is 13.9.